The fourth-order valence-electron chi connectivity index (χ4n) is 3.57. The molecule has 2 N–H and O–H groups in total. The Morgan fingerprint density at radius 1 is 0.920 bits per heavy atom. The van der Waals surface area contributed by atoms with Gasteiger partial charge in [-0.25, -0.2) is 0 Å². The second-order valence-corrected chi connectivity index (χ2v) is 6.74. The average molecular weight is 333 g/mol. The van der Waals surface area contributed by atoms with Crippen molar-refractivity contribution in [3.05, 3.63) is 59.7 Å². The first-order chi connectivity index (χ1) is 12.4. The average Bonchev–Trinajstić information content (AvgIpc) is 3.23. The molecule has 1 aliphatic rings. The van der Waals surface area contributed by atoms with Gasteiger partial charge in [-0.1, -0.05) is 43.5 Å². The molecule has 1 fully saturated rings. The van der Waals surface area contributed by atoms with E-state index in [1.165, 1.54) is 43.2 Å². The van der Waals surface area contributed by atoms with Gasteiger partial charge >= 0.3 is 0 Å². The summed E-state index contributed by atoms with van der Waals surface area (Å²) in [6.07, 6.45) is 6.88. The summed E-state index contributed by atoms with van der Waals surface area (Å²) < 4.78 is 0. The van der Waals surface area contributed by atoms with Crippen LogP contribution in [0.15, 0.2) is 48.5 Å². The lowest BCUT2D eigenvalue weighted by Crippen LogP contribution is -2.05. The van der Waals surface area contributed by atoms with Crippen LogP contribution in [0.2, 0.25) is 0 Å². The summed E-state index contributed by atoms with van der Waals surface area (Å²) in [5, 5.41) is 17.5. The fraction of sp³-hybridized carbons (Fsp3) is 0.350. The highest BCUT2D eigenvalue weighted by atomic mass is 15.5. The number of rotatable bonds is 5. The first-order valence-electron chi connectivity index (χ1n) is 9.05. The van der Waals surface area contributed by atoms with Gasteiger partial charge in [0, 0.05) is 17.8 Å². The molecule has 4 rings (SSSR count). The molecule has 2 aromatic carbocycles. The molecule has 0 aliphatic heterocycles. The number of nitrogens with one attached hydrogen (secondary N) is 2. The Balaban J connectivity index is 1.34. The number of aromatic amines is 1. The van der Waals surface area contributed by atoms with Crippen LogP contribution in [0.5, 0.6) is 0 Å². The predicted octanol–water partition coefficient (Wildman–Crippen LogP) is 4.53. The van der Waals surface area contributed by atoms with E-state index in [-0.39, 0.29) is 0 Å². The smallest absolute Gasteiger partial charge is 0.204 e. The molecule has 0 unspecified atom stereocenters. The molecule has 25 heavy (non-hydrogen) atoms. The molecule has 1 aromatic heterocycles. The third-order valence-electron chi connectivity index (χ3n) is 5.04. The molecule has 0 bridgehead atoms. The van der Waals surface area contributed by atoms with E-state index < -0.39 is 0 Å². The zero-order valence-corrected chi connectivity index (χ0v) is 14.3. The van der Waals surface area contributed by atoms with E-state index >= 15 is 0 Å². The van der Waals surface area contributed by atoms with Gasteiger partial charge in [0.1, 0.15) is 0 Å². The van der Waals surface area contributed by atoms with Crippen LogP contribution < -0.4 is 5.32 Å². The maximum absolute atomic E-state index is 3.99. The molecule has 0 saturated heterocycles. The Hall–Kier alpha value is -2.69. The number of hydrogen-bond donors (Lipinski definition) is 2. The molecule has 5 heteroatoms. The number of aromatic nitrogens is 4. The lowest BCUT2D eigenvalue weighted by atomic mass is 9.84. The lowest BCUT2D eigenvalue weighted by Gasteiger charge is -2.22. The third-order valence-corrected chi connectivity index (χ3v) is 5.04. The van der Waals surface area contributed by atoms with E-state index in [0.29, 0.717) is 5.82 Å². The van der Waals surface area contributed by atoms with E-state index in [4.69, 9.17) is 0 Å². The van der Waals surface area contributed by atoms with Crippen molar-refractivity contribution in [3.63, 3.8) is 0 Å². The first kappa shape index (κ1) is 15.8. The summed E-state index contributed by atoms with van der Waals surface area (Å²) >= 11 is 0. The highest BCUT2D eigenvalue weighted by molar-refractivity contribution is 5.59. The van der Waals surface area contributed by atoms with E-state index in [0.717, 1.165) is 23.7 Å². The molecule has 0 atom stereocenters. The van der Waals surface area contributed by atoms with Crippen LogP contribution >= 0.6 is 0 Å². The molecule has 0 radical (unpaired) electrons. The highest BCUT2D eigenvalue weighted by Crippen LogP contribution is 2.32. The van der Waals surface area contributed by atoms with E-state index in [1.807, 2.05) is 24.3 Å². The maximum atomic E-state index is 3.99. The summed E-state index contributed by atoms with van der Waals surface area (Å²) in [4.78, 5) is 0. The van der Waals surface area contributed by atoms with Crippen molar-refractivity contribution >= 4 is 5.69 Å². The fourth-order valence-corrected chi connectivity index (χ4v) is 3.57. The van der Waals surface area contributed by atoms with Crippen molar-refractivity contribution in [2.24, 2.45) is 0 Å². The predicted molar refractivity (Wildman–Crippen MR) is 99.2 cm³/mol. The molecule has 0 amide bonds. The van der Waals surface area contributed by atoms with Gasteiger partial charge in [0.15, 0.2) is 0 Å². The number of benzene rings is 2. The second-order valence-electron chi connectivity index (χ2n) is 6.74. The normalized spacial score (nSPS) is 15.2. The highest BCUT2D eigenvalue weighted by Gasteiger charge is 2.14. The van der Waals surface area contributed by atoms with Gasteiger partial charge in [-0.3, -0.25) is 0 Å². The van der Waals surface area contributed by atoms with Gasteiger partial charge in [-0.2, -0.15) is 5.21 Å². The summed E-state index contributed by atoms with van der Waals surface area (Å²) in [6, 6.07) is 17.2. The summed E-state index contributed by atoms with van der Waals surface area (Å²) in [5.41, 5.74) is 4.86. The van der Waals surface area contributed by atoms with Crippen LogP contribution in [0.25, 0.3) is 11.4 Å². The number of anilines is 1. The van der Waals surface area contributed by atoms with Crippen LogP contribution in [-0.4, -0.2) is 20.6 Å². The van der Waals surface area contributed by atoms with Crippen LogP contribution in [0.4, 0.5) is 5.69 Å². The Morgan fingerprint density at radius 2 is 1.68 bits per heavy atom. The van der Waals surface area contributed by atoms with Crippen molar-refractivity contribution in [2.75, 3.05) is 5.32 Å². The van der Waals surface area contributed by atoms with E-state index in [9.17, 15) is 0 Å². The zero-order valence-electron chi connectivity index (χ0n) is 14.3. The van der Waals surface area contributed by atoms with E-state index in [1.54, 1.807) is 0 Å². The molecule has 3 aromatic rings. The number of hydrogen-bond acceptors (Lipinski definition) is 4. The van der Waals surface area contributed by atoms with Crippen molar-refractivity contribution in [1.29, 1.82) is 0 Å². The molecular formula is C20H23N5. The summed E-state index contributed by atoms with van der Waals surface area (Å²) in [7, 11) is 0. The Morgan fingerprint density at radius 3 is 2.36 bits per heavy atom. The number of nitrogens with zero attached hydrogens (tertiary/aromatic N) is 3. The third kappa shape index (κ3) is 3.87. The SMILES string of the molecule is c1cc(C2CCCCC2)ccc1CNc1ccc(-c2nn[nH]n2)cc1. The Bertz CT molecular complexity index is 772. The molecule has 5 nitrogen and oxygen atoms in total. The minimum absolute atomic E-state index is 0.616. The molecule has 1 saturated carbocycles. The van der Waals surface area contributed by atoms with Gasteiger partial charge in [0.2, 0.25) is 5.82 Å². The molecule has 1 aliphatic carbocycles. The molecule has 1 heterocycles. The van der Waals surface area contributed by atoms with Gasteiger partial charge in [0.05, 0.1) is 0 Å². The minimum atomic E-state index is 0.616. The van der Waals surface area contributed by atoms with Crippen molar-refractivity contribution < 1.29 is 0 Å². The summed E-state index contributed by atoms with van der Waals surface area (Å²) in [5.74, 6) is 1.39. The Labute approximate surface area is 147 Å². The second kappa shape index (κ2) is 7.47. The number of H-pyrrole nitrogens is 1. The van der Waals surface area contributed by atoms with E-state index in [2.05, 4.69) is 50.2 Å². The van der Waals surface area contributed by atoms with Gasteiger partial charge in [-0.15, -0.1) is 10.2 Å². The van der Waals surface area contributed by atoms with Gasteiger partial charge in [-0.05, 0) is 59.4 Å². The lowest BCUT2D eigenvalue weighted by molar-refractivity contribution is 0.443. The molecule has 128 valence electrons. The maximum Gasteiger partial charge on any atom is 0.204 e. The standard InChI is InChI=1S/C20H23N5/c1-2-4-16(5-3-1)17-8-6-15(7-9-17)14-21-19-12-10-18(11-13-19)20-22-24-25-23-20/h6-13,16,21H,1-5,14H2,(H,22,23,24,25). The van der Waals surface area contributed by atoms with Crippen LogP contribution in [0.1, 0.15) is 49.1 Å². The van der Waals surface area contributed by atoms with Crippen LogP contribution in [0, 0.1) is 0 Å². The Kier molecular flexibility index (Phi) is 4.72. The van der Waals surface area contributed by atoms with Crippen LogP contribution in [-0.2, 0) is 6.54 Å². The van der Waals surface area contributed by atoms with Gasteiger partial charge < -0.3 is 5.32 Å². The summed E-state index contributed by atoms with van der Waals surface area (Å²) in [6.45, 7) is 0.826. The topological polar surface area (TPSA) is 66.5 Å². The quantitative estimate of drug-likeness (QED) is 0.720. The zero-order chi connectivity index (χ0) is 16.9. The van der Waals surface area contributed by atoms with Gasteiger partial charge in [0.25, 0.3) is 0 Å². The largest absolute Gasteiger partial charge is 0.381 e. The molecular weight excluding hydrogens is 310 g/mol. The molecule has 0 spiro atoms. The van der Waals surface area contributed by atoms with Crippen molar-refractivity contribution in [3.8, 4) is 11.4 Å². The number of tetrazole rings is 1. The monoisotopic (exact) mass is 333 g/mol. The van der Waals surface area contributed by atoms with Crippen molar-refractivity contribution in [1.82, 2.24) is 20.6 Å². The minimum Gasteiger partial charge on any atom is -0.381 e. The van der Waals surface area contributed by atoms with Crippen molar-refractivity contribution in [2.45, 2.75) is 44.6 Å². The first-order valence-corrected chi connectivity index (χ1v) is 9.05. The van der Waals surface area contributed by atoms with Crippen LogP contribution in [0.3, 0.4) is 0 Å².